The Kier molecular flexibility index (Phi) is 5.33. The van der Waals surface area contributed by atoms with Gasteiger partial charge >= 0.3 is 0 Å². The van der Waals surface area contributed by atoms with E-state index < -0.39 is 8.32 Å². The molecule has 0 bridgehead atoms. The Bertz CT molecular complexity index is 563. The van der Waals surface area contributed by atoms with Crippen LogP contribution in [0.3, 0.4) is 0 Å². The Labute approximate surface area is 140 Å². The van der Waals surface area contributed by atoms with Gasteiger partial charge in [-0.25, -0.2) is 0 Å². The average Bonchev–Trinajstić information content (AvgIpc) is 2.79. The summed E-state index contributed by atoms with van der Waals surface area (Å²) in [5, 5.41) is 0.127. The van der Waals surface area contributed by atoms with Gasteiger partial charge in [0.25, 0.3) is 0 Å². The maximum absolute atomic E-state index is 11.7. The van der Waals surface area contributed by atoms with Crippen molar-refractivity contribution in [2.75, 3.05) is 13.9 Å². The van der Waals surface area contributed by atoms with Gasteiger partial charge in [0.2, 0.25) is 0 Å². The first-order valence-electron chi connectivity index (χ1n) is 8.07. The van der Waals surface area contributed by atoms with Crippen molar-refractivity contribution in [1.29, 1.82) is 0 Å². The van der Waals surface area contributed by atoms with E-state index in [1.54, 1.807) is 7.11 Å². The molecule has 1 aromatic carbocycles. The summed E-state index contributed by atoms with van der Waals surface area (Å²) in [6.45, 7) is 11.3. The molecule has 0 aliphatic heterocycles. The number of hydrogen-bond donors (Lipinski definition) is 0. The fraction of sp³-hybridized carbons (Fsp3) is 0.611. The molecular weight excluding hydrogens is 308 g/mol. The third-order valence-electron chi connectivity index (χ3n) is 5.04. The lowest BCUT2D eigenvalue weighted by Gasteiger charge is -2.39. The molecule has 0 aromatic heterocycles. The molecule has 0 fully saturated rings. The van der Waals surface area contributed by atoms with Crippen molar-refractivity contribution >= 4 is 14.6 Å². The van der Waals surface area contributed by atoms with Gasteiger partial charge < -0.3 is 18.7 Å². The number of aldehydes is 1. The monoisotopic (exact) mass is 336 g/mol. The summed E-state index contributed by atoms with van der Waals surface area (Å²) in [5.41, 5.74) is 2.20. The second-order valence-electron chi connectivity index (χ2n) is 7.69. The highest BCUT2D eigenvalue weighted by molar-refractivity contribution is 6.74. The smallest absolute Gasteiger partial charge is 0.192 e. The topological polar surface area (TPSA) is 44.8 Å². The molecular formula is C18H28O4Si. The molecule has 0 saturated carbocycles. The number of benzene rings is 1. The third-order valence-corrected chi connectivity index (χ3v) is 9.54. The summed E-state index contributed by atoms with van der Waals surface area (Å²) in [4.78, 5) is 11.7. The maximum Gasteiger partial charge on any atom is 0.192 e. The van der Waals surface area contributed by atoms with Gasteiger partial charge in [0, 0.05) is 7.11 Å². The van der Waals surface area contributed by atoms with Gasteiger partial charge in [-0.05, 0) is 47.8 Å². The molecule has 1 aliphatic carbocycles. The molecule has 0 unspecified atom stereocenters. The Hall–Kier alpha value is -1.17. The van der Waals surface area contributed by atoms with Crippen LogP contribution in [0.25, 0.3) is 0 Å². The molecule has 0 spiro atoms. The highest BCUT2D eigenvalue weighted by atomic mass is 28.4. The fourth-order valence-corrected chi connectivity index (χ4v) is 4.02. The zero-order chi connectivity index (χ0) is 17.3. The van der Waals surface area contributed by atoms with Crippen molar-refractivity contribution in [3.05, 3.63) is 29.3 Å². The summed E-state index contributed by atoms with van der Waals surface area (Å²) >= 11 is 0. The van der Waals surface area contributed by atoms with Crippen molar-refractivity contribution in [1.82, 2.24) is 0 Å². The minimum absolute atomic E-state index is 0.0685. The second kappa shape index (κ2) is 6.75. The standard InChI is InChI=1S/C18H28O4Si/c1-18(2,3)23(5,6)22-17-10-13-9-14(21-12-20-4)7-8-15(13)16(17)11-19/h7-9,11,16-17H,10,12H2,1-6H3/t16-,17-/m0/s1. The first kappa shape index (κ1) is 18.2. The number of rotatable bonds is 6. The van der Waals surface area contributed by atoms with Gasteiger partial charge in [-0.1, -0.05) is 26.8 Å². The quantitative estimate of drug-likeness (QED) is 0.449. The van der Waals surface area contributed by atoms with Gasteiger partial charge in [-0.15, -0.1) is 0 Å². The molecule has 128 valence electrons. The summed E-state index contributed by atoms with van der Waals surface area (Å²) in [7, 11) is -0.316. The van der Waals surface area contributed by atoms with E-state index in [9.17, 15) is 4.79 Å². The largest absolute Gasteiger partial charge is 0.468 e. The van der Waals surface area contributed by atoms with E-state index in [0.29, 0.717) is 0 Å². The zero-order valence-corrected chi connectivity index (χ0v) is 16.0. The molecule has 2 atom stereocenters. The van der Waals surface area contributed by atoms with E-state index in [1.165, 1.54) is 0 Å². The van der Waals surface area contributed by atoms with Gasteiger partial charge in [0.1, 0.15) is 12.0 Å². The van der Waals surface area contributed by atoms with E-state index in [2.05, 4.69) is 33.9 Å². The van der Waals surface area contributed by atoms with E-state index in [0.717, 1.165) is 29.6 Å². The molecule has 1 aromatic rings. The van der Waals surface area contributed by atoms with Gasteiger partial charge in [0.15, 0.2) is 15.1 Å². The first-order chi connectivity index (χ1) is 10.7. The minimum atomic E-state index is -1.91. The van der Waals surface area contributed by atoms with Crippen LogP contribution in [0.5, 0.6) is 5.75 Å². The van der Waals surface area contributed by atoms with Crippen LogP contribution in [0.2, 0.25) is 18.1 Å². The van der Waals surface area contributed by atoms with E-state index in [-0.39, 0.29) is 23.9 Å². The maximum atomic E-state index is 11.7. The van der Waals surface area contributed by atoms with Gasteiger partial charge in [-0.3, -0.25) is 0 Å². The van der Waals surface area contributed by atoms with Crippen molar-refractivity contribution < 1.29 is 18.7 Å². The molecule has 2 rings (SSSR count). The molecule has 0 amide bonds. The summed E-state index contributed by atoms with van der Waals surface area (Å²) in [6, 6.07) is 5.87. The summed E-state index contributed by atoms with van der Waals surface area (Å²) in [5.74, 6) is 0.582. The van der Waals surface area contributed by atoms with Crippen LogP contribution in [0.4, 0.5) is 0 Å². The van der Waals surface area contributed by atoms with Crippen molar-refractivity contribution in [2.45, 2.75) is 57.3 Å². The van der Waals surface area contributed by atoms with Crippen molar-refractivity contribution in [3.63, 3.8) is 0 Å². The number of carbonyl (C=O) groups is 1. The minimum Gasteiger partial charge on any atom is -0.468 e. The number of methoxy groups -OCH3 is 1. The van der Waals surface area contributed by atoms with Crippen LogP contribution in [-0.2, 0) is 20.4 Å². The van der Waals surface area contributed by atoms with Gasteiger partial charge in [0.05, 0.1) is 12.0 Å². The lowest BCUT2D eigenvalue weighted by molar-refractivity contribution is -0.110. The van der Waals surface area contributed by atoms with Gasteiger partial charge in [-0.2, -0.15) is 0 Å². The second-order valence-corrected chi connectivity index (χ2v) is 12.5. The Morgan fingerprint density at radius 3 is 2.57 bits per heavy atom. The molecule has 1 aliphatic rings. The highest BCUT2D eigenvalue weighted by Gasteiger charge is 2.43. The first-order valence-corrected chi connectivity index (χ1v) is 11.0. The van der Waals surface area contributed by atoms with Crippen LogP contribution in [0, 0.1) is 0 Å². The van der Waals surface area contributed by atoms with Crippen LogP contribution in [0.1, 0.15) is 37.8 Å². The summed E-state index contributed by atoms with van der Waals surface area (Å²) < 4.78 is 16.9. The predicted molar refractivity (Wildman–Crippen MR) is 93.5 cm³/mol. The average molecular weight is 337 g/mol. The SMILES string of the molecule is COCOc1ccc2c(c1)C[C@H](O[Si](C)(C)C(C)(C)C)[C@H]2C=O. The Balaban J connectivity index is 2.20. The third kappa shape index (κ3) is 3.84. The van der Waals surface area contributed by atoms with Crippen LogP contribution < -0.4 is 4.74 Å². The molecule has 0 N–H and O–H groups in total. The number of hydrogen-bond acceptors (Lipinski definition) is 4. The molecule has 0 heterocycles. The molecule has 23 heavy (non-hydrogen) atoms. The van der Waals surface area contributed by atoms with Crippen molar-refractivity contribution in [2.24, 2.45) is 0 Å². The predicted octanol–water partition coefficient (Wildman–Crippen LogP) is 3.90. The molecule has 5 heteroatoms. The van der Waals surface area contributed by atoms with E-state index >= 15 is 0 Å². The number of ether oxygens (including phenoxy) is 2. The van der Waals surface area contributed by atoms with E-state index in [1.807, 2.05) is 18.2 Å². The number of carbonyl (C=O) groups excluding carboxylic acids is 1. The van der Waals surface area contributed by atoms with Crippen LogP contribution >= 0.6 is 0 Å². The fourth-order valence-electron chi connectivity index (χ4n) is 2.68. The van der Waals surface area contributed by atoms with Crippen molar-refractivity contribution in [3.8, 4) is 5.75 Å². The van der Waals surface area contributed by atoms with Crippen LogP contribution in [0.15, 0.2) is 18.2 Å². The highest BCUT2D eigenvalue weighted by Crippen LogP contribution is 2.42. The van der Waals surface area contributed by atoms with E-state index in [4.69, 9.17) is 13.9 Å². The lowest BCUT2D eigenvalue weighted by atomic mass is 10.0. The zero-order valence-electron chi connectivity index (χ0n) is 15.0. The Morgan fingerprint density at radius 1 is 1.30 bits per heavy atom. The van der Waals surface area contributed by atoms with Crippen LogP contribution in [-0.4, -0.2) is 34.6 Å². The number of fused-ring (bicyclic) bond motifs is 1. The molecule has 4 nitrogen and oxygen atoms in total. The Morgan fingerprint density at radius 2 is 2.00 bits per heavy atom. The summed E-state index contributed by atoms with van der Waals surface area (Å²) in [6.07, 6.45) is 1.72. The molecule has 0 saturated heterocycles. The molecule has 0 radical (unpaired) electrons. The lowest BCUT2D eigenvalue weighted by Crippen LogP contribution is -2.45. The normalized spacial score (nSPS) is 21.1.